The third-order valence-corrected chi connectivity index (χ3v) is 5.10. The van der Waals surface area contributed by atoms with Gasteiger partial charge in [-0.1, -0.05) is 54.1 Å². The summed E-state index contributed by atoms with van der Waals surface area (Å²) in [5.41, 5.74) is 2.96. The van der Waals surface area contributed by atoms with Crippen molar-refractivity contribution in [3.63, 3.8) is 0 Å². The summed E-state index contributed by atoms with van der Waals surface area (Å²) in [5.74, 6) is -1.11. The maximum Gasteiger partial charge on any atom is 0.338 e. The summed E-state index contributed by atoms with van der Waals surface area (Å²) in [6.45, 7) is 1.61. The van der Waals surface area contributed by atoms with Crippen LogP contribution >= 0.6 is 0 Å². The highest BCUT2D eigenvalue weighted by Gasteiger charge is 2.13. The van der Waals surface area contributed by atoms with E-state index < -0.39 is 5.97 Å². The highest BCUT2D eigenvalue weighted by molar-refractivity contribution is 6.05. The van der Waals surface area contributed by atoms with Crippen molar-refractivity contribution in [2.24, 2.45) is 0 Å². The van der Waals surface area contributed by atoms with Gasteiger partial charge in [-0.15, -0.1) is 0 Å². The van der Waals surface area contributed by atoms with Gasteiger partial charge in [-0.3, -0.25) is 9.59 Å². The largest absolute Gasteiger partial charge is 0.454 e. The van der Waals surface area contributed by atoms with Crippen LogP contribution in [0.2, 0.25) is 0 Å². The average molecular weight is 423 g/mol. The molecule has 4 aromatic rings. The molecule has 0 heterocycles. The molecule has 5 heteroatoms. The number of ketones is 1. The number of esters is 1. The molecule has 0 saturated heterocycles. The van der Waals surface area contributed by atoms with Crippen molar-refractivity contribution in [2.45, 2.75) is 6.92 Å². The number of fused-ring (bicyclic) bond motifs is 1. The Morgan fingerprint density at radius 3 is 2.06 bits per heavy atom. The Morgan fingerprint density at radius 1 is 0.719 bits per heavy atom. The fraction of sp³-hybridized carbons (Fsp3) is 0.0741. The van der Waals surface area contributed by atoms with Gasteiger partial charge in [0.1, 0.15) is 0 Å². The summed E-state index contributed by atoms with van der Waals surface area (Å²) in [4.78, 5) is 37.0. The number of benzene rings is 4. The summed E-state index contributed by atoms with van der Waals surface area (Å²) in [6.07, 6.45) is 0. The van der Waals surface area contributed by atoms with Crippen LogP contribution in [0.25, 0.3) is 10.8 Å². The van der Waals surface area contributed by atoms with Crippen molar-refractivity contribution >= 4 is 34.1 Å². The first-order valence-electron chi connectivity index (χ1n) is 10.2. The molecular weight excluding hydrogens is 402 g/mol. The van der Waals surface area contributed by atoms with E-state index in [0.29, 0.717) is 22.4 Å². The van der Waals surface area contributed by atoms with Gasteiger partial charge in [0.2, 0.25) is 0 Å². The van der Waals surface area contributed by atoms with E-state index in [1.54, 1.807) is 48.5 Å². The highest BCUT2D eigenvalue weighted by Crippen LogP contribution is 2.17. The number of hydrogen-bond donors (Lipinski definition) is 1. The van der Waals surface area contributed by atoms with Crippen molar-refractivity contribution in [3.8, 4) is 0 Å². The molecular formula is C27H21NO4. The van der Waals surface area contributed by atoms with Crippen molar-refractivity contribution in [1.82, 2.24) is 0 Å². The van der Waals surface area contributed by atoms with E-state index in [1.807, 2.05) is 49.4 Å². The molecule has 5 nitrogen and oxygen atoms in total. The molecule has 0 aliphatic rings. The van der Waals surface area contributed by atoms with Gasteiger partial charge >= 0.3 is 5.97 Å². The van der Waals surface area contributed by atoms with Crippen LogP contribution in [0.3, 0.4) is 0 Å². The Kier molecular flexibility index (Phi) is 6.08. The lowest BCUT2D eigenvalue weighted by atomic mass is 10.0. The summed E-state index contributed by atoms with van der Waals surface area (Å²) in [6, 6.07) is 26.7. The number of aryl methyl sites for hydroxylation is 1. The van der Waals surface area contributed by atoms with Crippen LogP contribution in [0, 0.1) is 6.92 Å². The fourth-order valence-corrected chi connectivity index (χ4v) is 3.26. The highest BCUT2D eigenvalue weighted by atomic mass is 16.5. The quantitative estimate of drug-likeness (QED) is 0.331. The SMILES string of the molecule is Cc1ccc(C(=O)Nc2ccc(C(=O)OCC(=O)c3ccc4ccccc4c3)cc2)cc1. The first kappa shape index (κ1) is 21.0. The lowest BCUT2D eigenvalue weighted by Gasteiger charge is -2.08. The van der Waals surface area contributed by atoms with Crippen LogP contribution in [0.5, 0.6) is 0 Å². The number of anilines is 1. The zero-order valence-electron chi connectivity index (χ0n) is 17.5. The van der Waals surface area contributed by atoms with Gasteiger partial charge in [0.25, 0.3) is 5.91 Å². The topological polar surface area (TPSA) is 72.5 Å². The van der Waals surface area contributed by atoms with Crippen molar-refractivity contribution in [1.29, 1.82) is 0 Å². The summed E-state index contributed by atoms with van der Waals surface area (Å²) < 4.78 is 5.18. The minimum Gasteiger partial charge on any atom is -0.454 e. The molecule has 0 radical (unpaired) electrons. The number of ether oxygens (including phenoxy) is 1. The minimum atomic E-state index is -0.601. The van der Waals surface area contributed by atoms with E-state index >= 15 is 0 Å². The molecule has 0 spiro atoms. The molecule has 0 aliphatic carbocycles. The maximum atomic E-state index is 12.4. The second-order valence-corrected chi connectivity index (χ2v) is 7.46. The van der Waals surface area contributed by atoms with Crippen LogP contribution in [0.1, 0.15) is 36.6 Å². The van der Waals surface area contributed by atoms with Gasteiger partial charge in [-0.25, -0.2) is 4.79 Å². The molecule has 1 amide bonds. The van der Waals surface area contributed by atoms with Crippen molar-refractivity contribution in [3.05, 3.63) is 113 Å². The summed E-state index contributed by atoms with van der Waals surface area (Å²) in [7, 11) is 0. The molecule has 4 rings (SSSR count). The van der Waals surface area contributed by atoms with Crippen LogP contribution in [-0.4, -0.2) is 24.3 Å². The zero-order valence-corrected chi connectivity index (χ0v) is 17.5. The molecule has 158 valence electrons. The Hall–Kier alpha value is -4.25. The number of rotatable bonds is 6. The average Bonchev–Trinajstić information content (AvgIpc) is 2.82. The predicted molar refractivity (Wildman–Crippen MR) is 124 cm³/mol. The van der Waals surface area contributed by atoms with Gasteiger partial charge < -0.3 is 10.1 Å². The van der Waals surface area contributed by atoms with Crippen LogP contribution < -0.4 is 5.32 Å². The second-order valence-electron chi connectivity index (χ2n) is 7.46. The minimum absolute atomic E-state index is 0.235. The second kappa shape index (κ2) is 9.27. The third-order valence-electron chi connectivity index (χ3n) is 5.10. The van der Waals surface area contributed by atoms with Gasteiger partial charge in [-0.05, 0) is 60.2 Å². The Morgan fingerprint density at radius 2 is 1.34 bits per heavy atom. The first-order chi connectivity index (χ1) is 15.5. The van der Waals surface area contributed by atoms with E-state index in [4.69, 9.17) is 4.74 Å². The van der Waals surface area contributed by atoms with Crippen molar-refractivity contribution in [2.75, 3.05) is 11.9 Å². The number of nitrogens with one attached hydrogen (secondary N) is 1. The molecule has 0 aromatic heterocycles. The van der Waals surface area contributed by atoms with E-state index in [1.165, 1.54) is 0 Å². The Balaban J connectivity index is 1.34. The molecule has 0 bridgehead atoms. The number of hydrogen-bond acceptors (Lipinski definition) is 4. The summed E-state index contributed by atoms with van der Waals surface area (Å²) >= 11 is 0. The molecule has 4 aromatic carbocycles. The first-order valence-corrected chi connectivity index (χ1v) is 10.2. The Labute approximate surface area is 185 Å². The monoisotopic (exact) mass is 423 g/mol. The number of carbonyl (C=O) groups excluding carboxylic acids is 3. The van der Waals surface area contributed by atoms with Gasteiger partial charge in [0.15, 0.2) is 12.4 Å². The van der Waals surface area contributed by atoms with Crippen LogP contribution in [0.4, 0.5) is 5.69 Å². The smallest absolute Gasteiger partial charge is 0.338 e. The van der Waals surface area contributed by atoms with E-state index in [-0.39, 0.29) is 18.3 Å². The maximum absolute atomic E-state index is 12.4. The lowest BCUT2D eigenvalue weighted by molar-refractivity contribution is 0.0475. The van der Waals surface area contributed by atoms with Crippen molar-refractivity contribution < 1.29 is 19.1 Å². The van der Waals surface area contributed by atoms with Gasteiger partial charge in [0, 0.05) is 16.8 Å². The van der Waals surface area contributed by atoms with E-state index in [9.17, 15) is 14.4 Å². The molecule has 0 saturated carbocycles. The molecule has 0 fully saturated rings. The van der Waals surface area contributed by atoms with Crippen LogP contribution in [0.15, 0.2) is 91.0 Å². The van der Waals surface area contributed by atoms with Gasteiger partial charge in [-0.2, -0.15) is 0 Å². The molecule has 0 unspecified atom stereocenters. The standard InChI is InChI=1S/C27H21NO4/c1-18-6-8-20(9-7-18)26(30)28-24-14-12-21(13-15-24)27(31)32-17-25(29)23-11-10-19-4-2-3-5-22(19)16-23/h2-16H,17H2,1H3,(H,28,30). The normalized spacial score (nSPS) is 10.5. The molecule has 32 heavy (non-hydrogen) atoms. The lowest BCUT2D eigenvalue weighted by Crippen LogP contribution is -2.15. The zero-order chi connectivity index (χ0) is 22.5. The van der Waals surface area contributed by atoms with Gasteiger partial charge in [0.05, 0.1) is 5.56 Å². The molecule has 0 aliphatic heterocycles. The van der Waals surface area contributed by atoms with Crippen LogP contribution in [-0.2, 0) is 4.74 Å². The van der Waals surface area contributed by atoms with E-state index in [2.05, 4.69) is 5.32 Å². The summed E-state index contributed by atoms with van der Waals surface area (Å²) in [5, 5.41) is 4.77. The fourth-order valence-electron chi connectivity index (χ4n) is 3.26. The number of amides is 1. The molecule has 1 N–H and O–H groups in total. The molecule has 0 atom stereocenters. The third kappa shape index (κ3) is 4.90. The number of carbonyl (C=O) groups is 3. The predicted octanol–water partition coefficient (Wildman–Crippen LogP) is 5.44. The Bertz CT molecular complexity index is 1290. The number of Topliss-reactive ketones (excluding diaryl/α,β-unsaturated/α-hetero) is 1. The van der Waals surface area contributed by atoms with E-state index in [0.717, 1.165) is 16.3 Å².